The number of carbonyl (C=O) groups is 2. The summed E-state index contributed by atoms with van der Waals surface area (Å²) in [6.07, 6.45) is 3.65. The van der Waals surface area contributed by atoms with Crippen LogP contribution in [0.25, 0.3) is 0 Å². The number of hydrogen-bond donors (Lipinski definition) is 1. The van der Waals surface area contributed by atoms with Crippen LogP contribution in [-0.4, -0.2) is 43.0 Å². The van der Waals surface area contributed by atoms with E-state index in [-0.39, 0.29) is 18.2 Å². The fourth-order valence-electron chi connectivity index (χ4n) is 3.69. The highest BCUT2D eigenvalue weighted by molar-refractivity contribution is 5.94. The number of benzene rings is 2. The lowest BCUT2D eigenvalue weighted by atomic mass is 10.1. The van der Waals surface area contributed by atoms with Gasteiger partial charge in [0.25, 0.3) is 5.91 Å². The minimum Gasteiger partial charge on any atom is -0.486 e. The van der Waals surface area contributed by atoms with E-state index in [1.165, 1.54) is 6.42 Å². The second kappa shape index (κ2) is 8.99. The third-order valence-electron chi connectivity index (χ3n) is 5.31. The SMILES string of the molecule is O=C(Cc1ccc2c(c1)OCCO2)NCc1ccc(C(=O)N2CCCCC2)cc1. The van der Waals surface area contributed by atoms with Crippen LogP contribution < -0.4 is 14.8 Å². The first-order valence-corrected chi connectivity index (χ1v) is 10.2. The average molecular weight is 394 g/mol. The highest BCUT2D eigenvalue weighted by Gasteiger charge is 2.18. The highest BCUT2D eigenvalue weighted by atomic mass is 16.6. The molecule has 0 spiro atoms. The van der Waals surface area contributed by atoms with Gasteiger partial charge < -0.3 is 19.7 Å². The Balaban J connectivity index is 1.28. The highest BCUT2D eigenvalue weighted by Crippen LogP contribution is 2.30. The molecule has 2 aliphatic rings. The van der Waals surface area contributed by atoms with E-state index in [4.69, 9.17) is 9.47 Å². The molecule has 0 atom stereocenters. The van der Waals surface area contributed by atoms with Crippen LogP contribution in [0.5, 0.6) is 11.5 Å². The Hall–Kier alpha value is -3.02. The number of amides is 2. The number of carbonyl (C=O) groups excluding carboxylic acids is 2. The van der Waals surface area contributed by atoms with E-state index in [9.17, 15) is 9.59 Å². The summed E-state index contributed by atoms with van der Waals surface area (Å²) in [7, 11) is 0. The molecule has 1 fully saturated rings. The lowest BCUT2D eigenvalue weighted by Crippen LogP contribution is -2.35. The summed E-state index contributed by atoms with van der Waals surface area (Å²) in [5.74, 6) is 1.45. The molecule has 0 unspecified atom stereocenters. The van der Waals surface area contributed by atoms with Crippen molar-refractivity contribution in [3.05, 3.63) is 59.2 Å². The first-order chi connectivity index (χ1) is 14.2. The van der Waals surface area contributed by atoms with Crippen LogP contribution >= 0.6 is 0 Å². The molecule has 1 N–H and O–H groups in total. The minimum absolute atomic E-state index is 0.0600. The summed E-state index contributed by atoms with van der Waals surface area (Å²) in [4.78, 5) is 26.7. The summed E-state index contributed by atoms with van der Waals surface area (Å²) in [5.41, 5.74) is 2.56. The first-order valence-electron chi connectivity index (χ1n) is 10.2. The molecule has 0 aliphatic carbocycles. The molecular weight excluding hydrogens is 368 g/mol. The van der Waals surface area contributed by atoms with Crippen molar-refractivity contribution in [2.75, 3.05) is 26.3 Å². The van der Waals surface area contributed by atoms with Crippen molar-refractivity contribution in [2.45, 2.75) is 32.2 Å². The Bertz CT molecular complexity index is 873. The summed E-state index contributed by atoms with van der Waals surface area (Å²) in [6, 6.07) is 13.1. The number of nitrogens with one attached hydrogen (secondary N) is 1. The van der Waals surface area contributed by atoms with Gasteiger partial charge in [0.15, 0.2) is 11.5 Å². The standard InChI is InChI=1S/C23H26N2O4/c26-22(15-18-6-9-20-21(14-18)29-13-12-28-20)24-16-17-4-7-19(8-5-17)23(27)25-10-2-1-3-11-25/h4-9,14H,1-3,10-13,15-16H2,(H,24,26). The number of likely N-dealkylation sites (tertiary alicyclic amines) is 1. The molecule has 2 aromatic carbocycles. The fraction of sp³-hybridized carbons (Fsp3) is 0.391. The van der Waals surface area contributed by atoms with E-state index in [1.807, 2.05) is 47.4 Å². The van der Waals surface area contributed by atoms with Crippen molar-refractivity contribution >= 4 is 11.8 Å². The van der Waals surface area contributed by atoms with Gasteiger partial charge in [-0.3, -0.25) is 9.59 Å². The van der Waals surface area contributed by atoms with Crippen molar-refractivity contribution in [1.29, 1.82) is 0 Å². The van der Waals surface area contributed by atoms with Crippen LogP contribution in [0.2, 0.25) is 0 Å². The second-order valence-electron chi connectivity index (χ2n) is 7.48. The molecule has 2 amide bonds. The van der Waals surface area contributed by atoms with Gasteiger partial charge in [-0.05, 0) is 54.7 Å². The molecule has 0 bridgehead atoms. The number of rotatable bonds is 5. The van der Waals surface area contributed by atoms with Gasteiger partial charge in [-0.1, -0.05) is 18.2 Å². The van der Waals surface area contributed by atoms with Gasteiger partial charge in [-0.25, -0.2) is 0 Å². The summed E-state index contributed by atoms with van der Waals surface area (Å²) in [6.45, 7) is 3.20. The number of fused-ring (bicyclic) bond motifs is 1. The largest absolute Gasteiger partial charge is 0.486 e. The Kier molecular flexibility index (Phi) is 5.98. The lowest BCUT2D eigenvalue weighted by molar-refractivity contribution is -0.120. The van der Waals surface area contributed by atoms with E-state index in [0.717, 1.165) is 42.8 Å². The van der Waals surface area contributed by atoms with Crippen molar-refractivity contribution in [3.8, 4) is 11.5 Å². The normalized spacial score (nSPS) is 15.7. The van der Waals surface area contributed by atoms with E-state index >= 15 is 0 Å². The zero-order valence-corrected chi connectivity index (χ0v) is 16.5. The van der Waals surface area contributed by atoms with E-state index in [2.05, 4.69) is 5.32 Å². The van der Waals surface area contributed by atoms with Crippen molar-refractivity contribution in [1.82, 2.24) is 10.2 Å². The molecule has 4 rings (SSSR count). The molecule has 0 aromatic heterocycles. The summed E-state index contributed by atoms with van der Waals surface area (Å²) < 4.78 is 11.1. The molecule has 6 nitrogen and oxygen atoms in total. The first kappa shape index (κ1) is 19.3. The maximum Gasteiger partial charge on any atom is 0.253 e. The Morgan fingerprint density at radius 3 is 2.31 bits per heavy atom. The van der Waals surface area contributed by atoms with Gasteiger partial charge in [0.05, 0.1) is 6.42 Å². The van der Waals surface area contributed by atoms with Crippen LogP contribution in [0.3, 0.4) is 0 Å². The minimum atomic E-state index is -0.0600. The predicted octanol–water partition coefficient (Wildman–Crippen LogP) is 2.94. The molecule has 1 saturated heterocycles. The van der Waals surface area contributed by atoms with Crippen molar-refractivity contribution < 1.29 is 19.1 Å². The molecule has 29 heavy (non-hydrogen) atoms. The maximum atomic E-state index is 12.5. The van der Waals surface area contributed by atoms with Crippen molar-refractivity contribution in [3.63, 3.8) is 0 Å². The molecule has 2 aromatic rings. The summed E-state index contributed by atoms with van der Waals surface area (Å²) in [5, 5.41) is 2.93. The third-order valence-corrected chi connectivity index (χ3v) is 5.31. The quantitative estimate of drug-likeness (QED) is 0.847. The van der Waals surface area contributed by atoms with Gasteiger partial charge in [-0.2, -0.15) is 0 Å². The topological polar surface area (TPSA) is 67.9 Å². The van der Waals surface area contributed by atoms with Gasteiger partial charge >= 0.3 is 0 Å². The van der Waals surface area contributed by atoms with E-state index in [0.29, 0.717) is 31.1 Å². The van der Waals surface area contributed by atoms with Gasteiger partial charge in [-0.15, -0.1) is 0 Å². The maximum absolute atomic E-state index is 12.5. The lowest BCUT2D eigenvalue weighted by Gasteiger charge is -2.26. The van der Waals surface area contributed by atoms with E-state index in [1.54, 1.807) is 0 Å². The Morgan fingerprint density at radius 1 is 0.862 bits per heavy atom. The number of nitrogens with zero attached hydrogens (tertiary/aromatic N) is 1. The molecule has 0 radical (unpaired) electrons. The fourth-order valence-corrected chi connectivity index (χ4v) is 3.69. The molecular formula is C23H26N2O4. The Labute approximate surface area is 170 Å². The van der Waals surface area contributed by atoms with E-state index < -0.39 is 0 Å². The monoisotopic (exact) mass is 394 g/mol. The zero-order valence-electron chi connectivity index (χ0n) is 16.5. The van der Waals surface area contributed by atoms with Crippen LogP contribution in [0.1, 0.15) is 40.7 Å². The third kappa shape index (κ3) is 4.88. The van der Waals surface area contributed by atoms with Crippen LogP contribution in [0, 0.1) is 0 Å². The summed E-state index contributed by atoms with van der Waals surface area (Å²) >= 11 is 0. The average Bonchev–Trinajstić information content (AvgIpc) is 2.78. The van der Waals surface area contributed by atoms with Gasteiger partial charge in [0.2, 0.25) is 5.91 Å². The molecule has 152 valence electrons. The zero-order chi connectivity index (χ0) is 20.1. The number of piperidine rings is 1. The Morgan fingerprint density at radius 2 is 1.55 bits per heavy atom. The van der Waals surface area contributed by atoms with Gasteiger partial charge in [0.1, 0.15) is 13.2 Å². The van der Waals surface area contributed by atoms with Crippen LogP contribution in [0.4, 0.5) is 0 Å². The second-order valence-corrected chi connectivity index (χ2v) is 7.48. The molecule has 2 heterocycles. The number of hydrogen-bond acceptors (Lipinski definition) is 4. The predicted molar refractivity (Wildman–Crippen MR) is 109 cm³/mol. The molecule has 6 heteroatoms. The van der Waals surface area contributed by atoms with Crippen LogP contribution in [-0.2, 0) is 17.8 Å². The van der Waals surface area contributed by atoms with Crippen molar-refractivity contribution in [2.24, 2.45) is 0 Å². The number of ether oxygens (including phenoxy) is 2. The van der Waals surface area contributed by atoms with Crippen LogP contribution in [0.15, 0.2) is 42.5 Å². The van der Waals surface area contributed by atoms with Gasteiger partial charge in [0, 0.05) is 25.2 Å². The molecule has 2 aliphatic heterocycles. The smallest absolute Gasteiger partial charge is 0.253 e. The molecule has 0 saturated carbocycles.